The third kappa shape index (κ3) is 6.20. The van der Waals surface area contributed by atoms with Crippen molar-refractivity contribution in [2.75, 3.05) is 26.3 Å². The summed E-state index contributed by atoms with van der Waals surface area (Å²) in [5, 5.41) is 3.35. The lowest BCUT2D eigenvalue weighted by molar-refractivity contribution is 0.137. The summed E-state index contributed by atoms with van der Waals surface area (Å²) < 4.78 is 5.36. The Morgan fingerprint density at radius 1 is 1.20 bits per heavy atom. The molecular weight excluding hydrogens is 188 g/mol. The third-order valence-electron chi connectivity index (χ3n) is 2.11. The first kappa shape index (κ1) is 12.1. The fourth-order valence-corrected chi connectivity index (χ4v) is 1.30. The lowest BCUT2D eigenvalue weighted by atomic mass is 10.2. The highest BCUT2D eigenvalue weighted by Gasteiger charge is 1.91. The molecule has 0 aromatic carbocycles. The number of aromatic nitrogens is 1. The van der Waals surface area contributed by atoms with E-state index in [1.807, 2.05) is 12.4 Å². The summed E-state index contributed by atoms with van der Waals surface area (Å²) in [5.74, 6) is 0. The van der Waals surface area contributed by atoms with E-state index in [4.69, 9.17) is 4.74 Å². The average molecular weight is 208 g/mol. The van der Waals surface area contributed by atoms with Gasteiger partial charge in [0.25, 0.3) is 0 Å². The Balaban J connectivity index is 1.93. The van der Waals surface area contributed by atoms with E-state index in [9.17, 15) is 0 Å². The zero-order chi connectivity index (χ0) is 10.8. The number of rotatable bonds is 8. The average Bonchev–Trinajstić information content (AvgIpc) is 2.29. The first-order valence-electron chi connectivity index (χ1n) is 5.61. The summed E-state index contributed by atoms with van der Waals surface area (Å²) in [6, 6.07) is 4.10. The standard InChI is InChI=1S/C12H20N2O/c1-2-10-15-11-9-14-8-5-12-3-6-13-7-4-12/h3-4,6-7,14H,2,5,8-11H2,1H3. The van der Waals surface area contributed by atoms with Gasteiger partial charge in [0.2, 0.25) is 0 Å². The van der Waals surface area contributed by atoms with Crippen molar-refractivity contribution in [2.45, 2.75) is 19.8 Å². The molecular formula is C12H20N2O. The molecule has 0 atom stereocenters. The van der Waals surface area contributed by atoms with Gasteiger partial charge in [0.05, 0.1) is 6.61 Å². The number of ether oxygens (including phenoxy) is 1. The van der Waals surface area contributed by atoms with Gasteiger partial charge in [-0.1, -0.05) is 6.92 Å². The first-order chi connectivity index (χ1) is 7.43. The minimum Gasteiger partial charge on any atom is -0.380 e. The largest absolute Gasteiger partial charge is 0.380 e. The fourth-order valence-electron chi connectivity index (χ4n) is 1.30. The summed E-state index contributed by atoms with van der Waals surface area (Å²) >= 11 is 0. The number of pyridine rings is 1. The smallest absolute Gasteiger partial charge is 0.0590 e. The van der Waals surface area contributed by atoms with Gasteiger partial charge >= 0.3 is 0 Å². The maximum absolute atomic E-state index is 5.36. The molecule has 0 bridgehead atoms. The van der Waals surface area contributed by atoms with Crippen LogP contribution in [-0.4, -0.2) is 31.3 Å². The zero-order valence-electron chi connectivity index (χ0n) is 9.41. The molecule has 0 radical (unpaired) electrons. The van der Waals surface area contributed by atoms with Crippen molar-refractivity contribution in [1.29, 1.82) is 0 Å². The van der Waals surface area contributed by atoms with E-state index in [0.717, 1.165) is 39.1 Å². The summed E-state index contributed by atoms with van der Waals surface area (Å²) in [6.07, 6.45) is 5.81. The van der Waals surface area contributed by atoms with Crippen molar-refractivity contribution in [1.82, 2.24) is 10.3 Å². The SMILES string of the molecule is CCCOCCNCCc1ccncc1. The van der Waals surface area contributed by atoms with Crippen molar-refractivity contribution < 1.29 is 4.74 Å². The molecule has 0 aliphatic heterocycles. The molecule has 15 heavy (non-hydrogen) atoms. The van der Waals surface area contributed by atoms with Crippen molar-refractivity contribution >= 4 is 0 Å². The van der Waals surface area contributed by atoms with E-state index in [1.54, 1.807) is 0 Å². The highest BCUT2D eigenvalue weighted by Crippen LogP contribution is 1.95. The van der Waals surface area contributed by atoms with Crippen LogP contribution in [-0.2, 0) is 11.2 Å². The van der Waals surface area contributed by atoms with Crippen LogP contribution in [0.15, 0.2) is 24.5 Å². The van der Waals surface area contributed by atoms with Gasteiger partial charge in [-0.25, -0.2) is 0 Å². The highest BCUT2D eigenvalue weighted by atomic mass is 16.5. The first-order valence-corrected chi connectivity index (χ1v) is 5.61. The van der Waals surface area contributed by atoms with Crippen LogP contribution < -0.4 is 5.32 Å². The molecule has 3 heteroatoms. The summed E-state index contributed by atoms with van der Waals surface area (Å²) in [6.45, 7) is 5.73. The fraction of sp³-hybridized carbons (Fsp3) is 0.583. The molecule has 0 saturated carbocycles. The molecule has 1 aromatic heterocycles. The molecule has 1 rings (SSSR count). The zero-order valence-corrected chi connectivity index (χ0v) is 9.41. The minimum atomic E-state index is 0.810. The Bertz CT molecular complexity index is 239. The van der Waals surface area contributed by atoms with Gasteiger partial charge in [-0.2, -0.15) is 0 Å². The van der Waals surface area contributed by atoms with Crippen LogP contribution in [0.1, 0.15) is 18.9 Å². The predicted molar refractivity (Wildman–Crippen MR) is 61.9 cm³/mol. The van der Waals surface area contributed by atoms with Gasteiger partial charge in [-0.3, -0.25) is 4.98 Å². The second-order valence-corrected chi connectivity index (χ2v) is 3.47. The lowest BCUT2D eigenvalue weighted by Crippen LogP contribution is -2.22. The molecule has 0 fully saturated rings. The van der Waals surface area contributed by atoms with Crippen molar-refractivity contribution in [3.05, 3.63) is 30.1 Å². The molecule has 0 aliphatic rings. The normalized spacial score (nSPS) is 10.5. The van der Waals surface area contributed by atoms with Crippen LogP contribution in [0.5, 0.6) is 0 Å². The third-order valence-corrected chi connectivity index (χ3v) is 2.11. The van der Waals surface area contributed by atoms with Crippen LogP contribution in [0.4, 0.5) is 0 Å². The maximum Gasteiger partial charge on any atom is 0.0590 e. The van der Waals surface area contributed by atoms with E-state index in [1.165, 1.54) is 5.56 Å². The van der Waals surface area contributed by atoms with E-state index in [0.29, 0.717) is 0 Å². The van der Waals surface area contributed by atoms with Crippen LogP contribution in [0.25, 0.3) is 0 Å². The lowest BCUT2D eigenvalue weighted by Gasteiger charge is -2.05. The molecule has 0 unspecified atom stereocenters. The Labute approximate surface area is 91.9 Å². The summed E-state index contributed by atoms with van der Waals surface area (Å²) in [4.78, 5) is 3.98. The number of hydrogen-bond donors (Lipinski definition) is 1. The predicted octanol–water partition coefficient (Wildman–Crippen LogP) is 1.64. The van der Waals surface area contributed by atoms with Gasteiger partial charge in [0.1, 0.15) is 0 Å². The molecule has 1 aromatic rings. The molecule has 3 nitrogen and oxygen atoms in total. The van der Waals surface area contributed by atoms with Crippen LogP contribution in [0.3, 0.4) is 0 Å². The van der Waals surface area contributed by atoms with Gasteiger partial charge in [0, 0.05) is 25.5 Å². The second kappa shape index (κ2) is 8.38. The summed E-state index contributed by atoms with van der Waals surface area (Å²) in [7, 11) is 0. The highest BCUT2D eigenvalue weighted by molar-refractivity contribution is 5.09. The van der Waals surface area contributed by atoms with Crippen LogP contribution in [0, 0.1) is 0 Å². The van der Waals surface area contributed by atoms with Crippen molar-refractivity contribution in [3.8, 4) is 0 Å². The van der Waals surface area contributed by atoms with Crippen molar-refractivity contribution in [2.24, 2.45) is 0 Å². The van der Waals surface area contributed by atoms with Gasteiger partial charge in [-0.15, -0.1) is 0 Å². The molecule has 1 N–H and O–H groups in total. The summed E-state index contributed by atoms with van der Waals surface area (Å²) in [5.41, 5.74) is 1.33. The molecule has 1 heterocycles. The van der Waals surface area contributed by atoms with E-state index >= 15 is 0 Å². The Kier molecular flexibility index (Phi) is 6.79. The molecule has 0 saturated heterocycles. The molecule has 0 aliphatic carbocycles. The van der Waals surface area contributed by atoms with E-state index in [-0.39, 0.29) is 0 Å². The van der Waals surface area contributed by atoms with Gasteiger partial charge in [-0.05, 0) is 37.1 Å². The Morgan fingerprint density at radius 2 is 2.00 bits per heavy atom. The quantitative estimate of drug-likeness (QED) is 0.659. The number of nitrogens with one attached hydrogen (secondary N) is 1. The second-order valence-electron chi connectivity index (χ2n) is 3.47. The molecule has 0 spiro atoms. The minimum absolute atomic E-state index is 0.810. The Morgan fingerprint density at radius 3 is 2.73 bits per heavy atom. The van der Waals surface area contributed by atoms with Gasteiger partial charge in [0.15, 0.2) is 0 Å². The van der Waals surface area contributed by atoms with Crippen molar-refractivity contribution in [3.63, 3.8) is 0 Å². The van der Waals surface area contributed by atoms with Crippen LogP contribution in [0.2, 0.25) is 0 Å². The van der Waals surface area contributed by atoms with Gasteiger partial charge < -0.3 is 10.1 Å². The molecule has 0 amide bonds. The van der Waals surface area contributed by atoms with Crippen LogP contribution >= 0.6 is 0 Å². The molecule has 84 valence electrons. The topological polar surface area (TPSA) is 34.1 Å². The van der Waals surface area contributed by atoms with E-state index < -0.39 is 0 Å². The van der Waals surface area contributed by atoms with E-state index in [2.05, 4.69) is 29.4 Å². The Hall–Kier alpha value is -0.930. The maximum atomic E-state index is 5.36. The number of nitrogens with zero attached hydrogens (tertiary/aromatic N) is 1. The number of hydrogen-bond acceptors (Lipinski definition) is 3. The monoisotopic (exact) mass is 208 g/mol.